The summed E-state index contributed by atoms with van der Waals surface area (Å²) in [5.41, 5.74) is 1.65. The number of aliphatic hydroxyl groups excluding tert-OH is 1. The number of carbonyl (C=O) groups excluding carboxylic acids is 1. The first-order chi connectivity index (χ1) is 16.0. The number of methoxy groups -OCH3 is 2. The number of piperazine rings is 1. The van der Waals surface area contributed by atoms with E-state index in [1.807, 2.05) is 24.3 Å². The Labute approximate surface area is 197 Å². The van der Waals surface area contributed by atoms with Crippen molar-refractivity contribution in [2.75, 3.05) is 46.9 Å². The van der Waals surface area contributed by atoms with Gasteiger partial charge >= 0.3 is 5.97 Å². The van der Waals surface area contributed by atoms with Crippen molar-refractivity contribution in [1.29, 1.82) is 0 Å². The van der Waals surface area contributed by atoms with E-state index in [2.05, 4.69) is 21.7 Å². The quantitative estimate of drug-likeness (QED) is 0.384. The minimum atomic E-state index is -0.691. The maximum absolute atomic E-state index is 12.1. The van der Waals surface area contributed by atoms with Crippen LogP contribution in [0.3, 0.4) is 0 Å². The van der Waals surface area contributed by atoms with E-state index in [4.69, 9.17) is 9.47 Å². The fourth-order valence-corrected chi connectivity index (χ4v) is 4.69. The molecule has 0 aliphatic carbocycles. The predicted octanol–water partition coefficient (Wildman–Crippen LogP) is 3.80. The maximum atomic E-state index is 12.1. The molecule has 1 aliphatic heterocycles. The molecule has 0 radical (unpaired) electrons. The molecule has 1 fully saturated rings. The normalized spacial score (nSPS) is 18.4. The van der Waals surface area contributed by atoms with Gasteiger partial charge in [-0.1, -0.05) is 32.6 Å². The Kier molecular flexibility index (Phi) is 9.91. The summed E-state index contributed by atoms with van der Waals surface area (Å²) in [6.45, 7) is 6.34. The van der Waals surface area contributed by atoms with Crippen molar-refractivity contribution in [3.05, 3.63) is 36.0 Å². The lowest BCUT2D eigenvalue weighted by Gasteiger charge is -2.42. The van der Waals surface area contributed by atoms with E-state index >= 15 is 0 Å². The highest BCUT2D eigenvalue weighted by Crippen LogP contribution is 2.28. The Bertz CT molecular complexity index is 891. The molecule has 0 bridgehead atoms. The minimum absolute atomic E-state index is 0.0270. The molecule has 1 N–H and O–H groups in total. The number of aliphatic hydroxyl groups is 1. The Balaban J connectivity index is 1.68. The average molecular weight is 458 g/mol. The smallest absolute Gasteiger partial charge is 0.307 e. The van der Waals surface area contributed by atoms with Crippen LogP contribution < -0.4 is 4.74 Å². The van der Waals surface area contributed by atoms with Gasteiger partial charge in [-0.25, -0.2) is 0 Å². The number of nitrogens with zero attached hydrogens (tertiary/aromatic N) is 3. The molecular formula is C26H39N3O4. The molecule has 1 aromatic heterocycles. The molecule has 33 heavy (non-hydrogen) atoms. The number of pyridine rings is 1. The van der Waals surface area contributed by atoms with E-state index in [-0.39, 0.29) is 12.0 Å². The van der Waals surface area contributed by atoms with E-state index in [0.29, 0.717) is 13.0 Å². The number of aromatic nitrogens is 1. The lowest BCUT2D eigenvalue weighted by Crippen LogP contribution is -2.54. The van der Waals surface area contributed by atoms with Crippen LogP contribution in [-0.2, 0) is 9.53 Å². The second-order valence-corrected chi connectivity index (χ2v) is 8.94. The summed E-state index contributed by atoms with van der Waals surface area (Å²) >= 11 is 0. The van der Waals surface area contributed by atoms with Gasteiger partial charge < -0.3 is 19.5 Å². The van der Waals surface area contributed by atoms with Crippen LogP contribution in [0.2, 0.25) is 0 Å². The third-order valence-electron chi connectivity index (χ3n) is 6.65. The van der Waals surface area contributed by atoms with Crippen LogP contribution in [-0.4, -0.2) is 78.8 Å². The summed E-state index contributed by atoms with van der Waals surface area (Å²) in [6, 6.07) is 7.60. The number of fused-ring (bicyclic) bond motifs is 1. The number of carbonyl (C=O) groups is 1. The Morgan fingerprint density at radius 3 is 2.76 bits per heavy atom. The SMILES string of the molecule is CCCCCCCN1CCN(C[C@H](O)c2ccnc3ccc(OC)cc23)[C@H](CC(=O)OC)C1. The zero-order chi connectivity index (χ0) is 23.6. The molecule has 1 saturated heterocycles. The number of esters is 1. The predicted molar refractivity (Wildman–Crippen MR) is 130 cm³/mol. The second-order valence-electron chi connectivity index (χ2n) is 8.94. The van der Waals surface area contributed by atoms with Gasteiger partial charge in [0.05, 0.1) is 32.3 Å². The van der Waals surface area contributed by atoms with Crippen molar-refractivity contribution in [1.82, 2.24) is 14.8 Å². The first-order valence-electron chi connectivity index (χ1n) is 12.2. The van der Waals surface area contributed by atoms with Gasteiger partial charge in [-0.05, 0) is 42.8 Å². The number of rotatable bonds is 12. The molecule has 0 amide bonds. The molecule has 7 nitrogen and oxygen atoms in total. The Hall–Kier alpha value is -2.22. The number of hydrogen-bond acceptors (Lipinski definition) is 7. The molecule has 182 valence electrons. The summed E-state index contributed by atoms with van der Waals surface area (Å²) in [5.74, 6) is 0.531. The van der Waals surface area contributed by atoms with Gasteiger partial charge in [-0.2, -0.15) is 0 Å². The van der Waals surface area contributed by atoms with Gasteiger partial charge in [-0.3, -0.25) is 14.7 Å². The zero-order valence-corrected chi connectivity index (χ0v) is 20.3. The molecule has 2 aromatic rings. The highest BCUT2D eigenvalue weighted by atomic mass is 16.5. The fraction of sp³-hybridized carbons (Fsp3) is 0.615. The monoisotopic (exact) mass is 457 g/mol. The fourth-order valence-electron chi connectivity index (χ4n) is 4.69. The standard InChI is InChI=1S/C26H39N3O4/c1-4-5-6-7-8-13-28-14-15-29(20(18-28)16-26(31)33-3)19-25(30)22-11-12-27-24-10-9-21(32-2)17-23(22)24/h9-12,17,20,25,30H,4-8,13-16,18-19H2,1-3H3/t20-,25+/m1/s1. The number of hydrogen-bond donors (Lipinski definition) is 1. The molecule has 3 rings (SSSR count). The van der Waals surface area contributed by atoms with Gasteiger partial charge in [0.1, 0.15) is 5.75 Å². The molecule has 7 heteroatoms. The van der Waals surface area contributed by atoms with Gasteiger partial charge in [0.15, 0.2) is 0 Å². The largest absolute Gasteiger partial charge is 0.497 e. The highest BCUT2D eigenvalue weighted by molar-refractivity contribution is 5.83. The average Bonchev–Trinajstić information content (AvgIpc) is 2.84. The molecule has 0 unspecified atom stereocenters. The van der Waals surface area contributed by atoms with Crippen LogP contribution >= 0.6 is 0 Å². The third kappa shape index (κ3) is 7.13. The summed E-state index contributed by atoms with van der Waals surface area (Å²) in [6.07, 6.45) is 7.66. The van der Waals surface area contributed by atoms with Gasteiger partial charge in [-0.15, -0.1) is 0 Å². The van der Waals surface area contributed by atoms with Crippen molar-refractivity contribution in [2.24, 2.45) is 0 Å². The van der Waals surface area contributed by atoms with Crippen LogP contribution in [0.15, 0.2) is 30.5 Å². The molecule has 1 aliphatic rings. The van der Waals surface area contributed by atoms with Crippen molar-refractivity contribution >= 4 is 16.9 Å². The van der Waals surface area contributed by atoms with Crippen LogP contribution in [0.5, 0.6) is 5.75 Å². The zero-order valence-electron chi connectivity index (χ0n) is 20.3. The molecule has 0 spiro atoms. The molecule has 0 saturated carbocycles. The first-order valence-corrected chi connectivity index (χ1v) is 12.2. The highest BCUT2D eigenvalue weighted by Gasteiger charge is 2.30. The van der Waals surface area contributed by atoms with E-state index < -0.39 is 6.10 Å². The molecule has 2 heterocycles. The Morgan fingerprint density at radius 2 is 2.00 bits per heavy atom. The summed E-state index contributed by atoms with van der Waals surface area (Å²) in [7, 11) is 3.07. The van der Waals surface area contributed by atoms with Crippen LogP contribution in [0.25, 0.3) is 10.9 Å². The molecule has 1 aromatic carbocycles. The minimum Gasteiger partial charge on any atom is -0.497 e. The number of unbranched alkanes of at least 4 members (excludes halogenated alkanes) is 4. The van der Waals surface area contributed by atoms with Crippen molar-refractivity contribution < 1.29 is 19.4 Å². The van der Waals surface area contributed by atoms with Crippen molar-refractivity contribution in [3.8, 4) is 5.75 Å². The van der Waals surface area contributed by atoms with Crippen LogP contribution in [0, 0.1) is 0 Å². The summed E-state index contributed by atoms with van der Waals surface area (Å²) in [4.78, 5) is 21.2. The first kappa shape index (κ1) is 25.4. The Morgan fingerprint density at radius 1 is 1.18 bits per heavy atom. The van der Waals surface area contributed by atoms with Gasteiger partial charge in [0, 0.05) is 43.8 Å². The molecule has 2 atom stereocenters. The molecular weight excluding hydrogens is 418 g/mol. The van der Waals surface area contributed by atoms with Gasteiger partial charge in [0.25, 0.3) is 0 Å². The third-order valence-corrected chi connectivity index (χ3v) is 6.65. The summed E-state index contributed by atoms with van der Waals surface area (Å²) < 4.78 is 10.3. The van der Waals surface area contributed by atoms with E-state index in [1.54, 1.807) is 13.3 Å². The van der Waals surface area contributed by atoms with Crippen molar-refractivity contribution in [2.45, 2.75) is 57.6 Å². The lowest BCUT2D eigenvalue weighted by atomic mass is 10.0. The van der Waals surface area contributed by atoms with Crippen molar-refractivity contribution in [3.63, 3.8) is 0 Å². The number of benzene rings is 1. The van der Waals surface area contributed by atoms with E-state index in [0.717, 1.165) is 48.4 Å². The number of ether oxygens (including phenoxy) is 2. The maximum Gasteiger partial charge on any atom is 0.307 e. The van der Waals surface area contributed by atoms with E-state index in [9.17, 15) is 9.90 Å². The second kappa shape index (κ2) is 12.9. The van der Waals surface area contributed by atoms with E-state index in [1.165, 1.54) is 39.2 Å². The topological polar surface area (TPSA) is 75.1 Å². The van der Waals surface area contributed by atoms with Crippen LogP contribution in [0.1, 0.15) is 57.1 Å². The number of β-amino-alcohol motifs (C(OH)–C–C–N with tert-alkyl or cyclic N) is 1. The van der Waals surface area contributed by atoms with Gasteiger partial charge in [0.2, 0.25) is 0 Å². The summed E-state index contributed by atoms with van der Waals surface area (Å²) in [5, 5.41) is 12.1. The lowest BCUT2D eigenvalue weighted by molar-refractivity contribution is -0.143. The van der Waals surface area contributed by atoms with Crippen LogP contribution in [0.4, 0.5) is 0 Å².